The van der Waals surface area contributed by atoms with Crippen molar-refractivity contribution in [3.8, 4) is 0 Å². The molecular formula is C16H19N3OS. The van der Waals surface area contributed by atoms with Crippen LogP contribution in [0, 0.1) is 0 Å². The SMILES string of the molecule is CC(CNC(=O)C1CCNc2ccccc21)c1nccs1. The lowest BCUT2D eigenvalue weighted by molar-refractivity contribution is -0.122. The Morgan fingerprint density at radius 2 is 2.38 bits per heavy atom. The number of thiazole rings is 1. The first-order chi connectivity index (χ1) is 10.3. The van der Waals surface area contributed by atoms with E-state index in [1.54, 1.807) is 17.5 Å². The third-order valence-electron chi connectivity index (χ3n) is 3.86. The molecule has 1 aromatic heterocycles. The van der Waals surface area contributed by atoms with Crippen LogP contribution in [0.4, 0.5) is 5.69 Å². The monoisotopic (exact) mass is 301 g/mol. The van der Waals surface area contributed by atoms with E-state index in [1.807, 2.05) is 29.6 Å². The number of benzene rings is 1. The molecule has 110 valence electrons. The minimum absolute atomic E-state index is 0.0501. The average molecular weight is 301 g/mol. The van der Waals surface area contributed by atoms with Crippen LogP contribution < -0.4 is 10.6 Å². The molecule has 2 heterocycles. The third-order valence-corrected chi connectivity index (χ3v) is 4.86. The van der Waals surface area contributed by atoms with E-state index < -0.39 is 0 Å². The molecule has 5 heteroatoms. The second kappa shape index (κ2) is 6.26. The molecule has 0 aliphatic carbocycles. The van der Waals surface area contributed by atoms with Crippen LogP contribution in [0.5, 0.6) is 0 Å². The minimum atomic E-state index is -0.0501. The molecule has 3 rings (SSSR count). The lowest BCUT2D eigenvalue weighted by Gasteiger charge is -2.26. The van der Waals surface area contributed by atoms with E-state index in [9.17, 15) is 4.79 Å². The van der Waals surface area contributed by atoms with Gasteiger partial charge in [0.2, 0.25) is 5.91 Å². The molecule has 0 bridgehead atoms. The third kappa shape index (κ3) is 3.08. The average Bonchev–Trinajstić information content (AvgIpc) is 3.06. The van der Waals surface area contributed by atoms with Crippen LogP contribution in [0.15, 0.2) is 35.8 Å². The Kier molecular flexibility index (Phi) is 4.20. The summed E-state index contributed by atoms with van der Waals surface area (Å²) < 4.78 is 0. The van der Waals surface area contributed by atoms with E-state index in [-0.39, 0.29) is 17.7 Å². The Balaban J connectivity index is 1.64. The van der Waals surface area contributed by atoms with Crippen molar-refractivity contribution in [2.45, 2.75) is 25.2 Å². The van der Waals surface area contributed by atoms with E-state index in [4.69, 9.17) is 0 Å². The van der Waals surface area contributed by atoms with Crippen molar-refractivity contribution in [2.24, 2.45) is 0 Å². The van der Waals surface area contributed by atoms with Crippen LogP contribution >= 0.6 is 11.3 Å². The lowest BCUT2D eigenvalue weighted by atomic mass is 9.90. The van der Waals surface area contributed by atoms with Gasteiger partial charge in [-0.05, 0) is 18.1 Å². The molecule has 2 N–H and O–H groups in total. The maximum Gasteiger partial charge on any atom is 0.227 e. The molecule has 2 aromatic rings. The maximum absolute atomic E-state index is 12.5. The molecule has 1 aliphatic heterocycles. The second-order valence-corrected chi connectivity index (χ2v) is 6.30. The summed E-state index contributed by atoms with van der Waals surface area (Å²) >= 11 is 1.63. The van der Waals surface area contributed by atoms with Crippen molar-refractivity contribution in [1.82, 2.24) is 10.3 Å². The summed E-state index contributed by atoms with van der Waals surface area (Å²) in [5.41, 5.74) is 2.18. The summed E-state index contributed by atoms with van der Waals surface area (Å²) in [6, 6.07) is 8.06. The van der Waals surface area contributed by atoms with Gasteiger partial charge in [-0.1, -0.05) is 25.1 Å². The molecule has 0 saturated carbocycles. The van der Waals surface area contributed by atoms with Gasteiger partial charge < -0.3 is 10.6 Å². The van der Waals surface area contributed by atoms with Gasteiger partial charge in [0.15, 0.2) is 0 Å². The number of hydrogen-bond acceptors (Lipinski definition) is 4. The van der Waals surface area contributed by atoms with Crippen molar-refractivity contribution in [2.75, 3.05) is 18.4 Å². The van der Waals surface area contributed by atoms with Gasteiger partial charge in [0.05, 0.1) is 10.9 Å². The van der Waals surface area contributed by atoms with Gasteiger partial charge in [-0.2, -0.15) is 0 Å². The predicted octanol–water partition coefficient (Wildman–Crippen LogP) is 2.96. The number of fused-ring (bicyclic) bond motifs is 1. The number of rotatable bonds is 4. The van der Waals surface area contributed by atoms with Crippen molar-refractivity contribution >= 4 is 22.9 Å². The standard InChI is InChI=1S/C16H19N3OS/c1-11(16-18-8-9-21-16)10-19-15(20)13-6-7-17-14-5-3-2-4-12(13)14/h2-5,8-9,11,13,17H,6-7,10H2,1H3,(H,19,20). The summed E-state index contributed by atoms with van der Waals surface area (Å²) in [5, 5.41) is 9.47. The lowest BCUT2D eigenvalue weighted by Crippen LogP contribution is -2.35. The Morgan fingerprint density at radius 3 is 3.19 bits per heavy atom. The second-order valence-electron chi connectivity index (χ2n) is 5.37. The van der Waals surface area contributed by atoms with E-state index in [0.717, 1.165) is 29.2 Å². The first-order valence-electron chi connectivity index (χ1n) is 7.25. The Bertz CT molecular complexity index is 612. The number of aromatic nitrogens is 1. The molecule has 2 atom stereocenters. The summed E-state index contributed by atoms with van der Waals surface area (Å²) in [6.45, 7) is 3.57. The Hall–Kier alpha value is -1.88. The summed E-state index contributed by atoms with van der Waals surface area (Å²) in [5.74, 6) is 0.323. The number of anilines is 1. The van der Waals surface area contributed by atoms with Gasteiger partial charge in [0.1, 0.15) is 0 Å². The Morgan fingerprint density at radius 1 is 1.52 bits per heavy atom. The molecule has 2 unspecified atom stereocenters. The van der Waals surface area contributed by atoms with E-state index in [1.165, 1.54) is 0 Å². The van der Waals surface area contributed by atoms with E-state index in [0.29, 0.717) is 6.54 Å². The van der Waals surface area contributed by atoms with E-state index in [2.05, 4.69) is 22.5 Å². The van der Waals surface area contributed by atoms with Crippen LogP contribution in [0.3, 0.4) is 0 Å². The number of carbonyl (C=O) groups is 1. The van der Waals surface area contributed by atoms with Gasteiger partial charge in [-0.25, -0.2) is 4.98 Å². The maximum atomic E-state index is 12.5. The van der Waals surface area contributed by atoms with E-state index >= 15 is 0 Å². The highest BCUT2D eigenvalue weighted by Crippen LogP contribution is 2.31. The first-order valence-corrected chi connectivity index (χ1v) is 8.13. The highest BCUT2D eigenvalue weighted by molar-refractivity contribution is 7.09. The van der Waals surface area contributed by atoms with Crippen LogP contribution in [0.2, 0.25) is 0 Å². The normalized spacial score (nSPS) is 18.4. The number of para-hydroxylation sites is 1. The van der Waals surface area contributed by atoms with Crippen LogP contribution in [-0.4, -0.2) is 24.0 Å². The smallest absolute Gasteiger partial charge is 0.227 e. The molecule has 21 heavy (non-hydrogen) atoms. The zero-order valence-electron chi connectivity index (χ0n) is 12.0. The predicted molar refractivity (Wildman–Crippen MR) is 85.8 cm³/mol. The van der Waals surface area contributed by atoms with Crippen LogP contribution in [0.25, 0.3) is 0 Å². The quantitative estimate of drug-likeness (QED) is 0.913. The number of carbonyl (C=O) groups excluding carboxylic acids is 1. The highest BCUT2D eigenvalue weighted by atomic mass is 32.1. The molecule has 1 aromatic carbocycles. The van der Waals surface area contributed by atoms with Gasteiger partial charge in [-0.15, -0.1) is 11.3 Å². The van der Waals surface area contributed by atoms with Crippen molar-refractivity contribution in [3.63, 3.8) is 0 Å². The van der Waals surface area contributed by atoms with Gasteiger partial charge >= 0.3 is 0 Å². The summed E-state index contributed by atoms with van der Waals surface area (Å²) in [4.78, 5) is 16.8. The van der Waals surface area contributed by atoms with Crippen LogP contribution in [0.1, 0.15) is 35.8 Å². The number of nitrogens with zero attached hydrogens (tertiary/aromatic N) is 1. The number of hydrogen-bond donors (Lipinski definition) is 2. The van der Waals surface area contributed by atoms with Gasteiger partial charge in [-0.3, -0.25) is 4.79 Å². The zero-order valence-corrected chi connectivity index (χ0v) is 12.8. The molecule has 1 amide bonds. The topological polar surface area (TPSA) is 54.0 Å². The Labute approximate surface area is 128 Å². The number of nitrogens with one attached hydrogen (secondary N) is 2. The molecule has 0 spiro atoms. The largest absolute Gasteiger partial charge is 0.385 e. The van der Waals surface area contributed by atoms with Crippen molar-refractivity contribution < 1.29 is 4.79 Å². The minimum Gasteiger partial charge on any atom is -0.385 e. The first kappa shape index (κ1) is 14.1. The van der Waals surface area contributed by atoms with Crippen molar-refractivity contribution in [3.05, 3.63) is 46.4 Å². The fourth-order valence-electron chi connectivity index (χ4n) is 2.68. The molecule has 0 fully saturated rings. The zero-order chi connectivity index (χ0) is 14.7. The van der Waals surface area contributed by atoms with Gasteiger partial charge in [0.25, 0.3) is 0 Å². The van der Waals surface area contributed by atoms with Crippen LogP contribution in [-0.2, 0) is 4.79 Å². The van der Waals surface area contributed by atoms with Gasteiger partial charge in [0, 0.05) is 36.3 Å². The fraction of sp³-hybridized carbons (Fsp3) is 0.375. The molecule has 4 nitrogen and oxygen atoms in total. The molecular weight excluding hydrogens is 282 g/mol. The summed E-state index contributed by atoms with van der Waals surface area (Å²) in [6.07, 6.45) is 2.65. The summed E-state index contributed by atoms with van der Waals surface area (Å²) in [7, 11) is 0. The number of amides is 1. The molecule has 0 radical (unpaired) electrons. The molecule has 1 aliphatic rings. The molecule has 0 saturated heterocycles. The van der Waals surface area contributed by atoms with Crippen molar-refractivity contribution in [1.29, 1.82) is 0 Å². The highest BCUT2D eigenvalue weighted by Gasteiger charge is 2.26. The fourth-order valence-corrected chi connectivity index (χ4v) is 3.38.